The molecule has 0 radical (unpaired) electrons. The van der Waals surface area contributed by atoms with E-state index >= 15 is 0 Å². The molecule has 50 heavy (non-hydrogen) atoms. The topological polar surface area (TPSA) is 123 Å². The summed E-state index contributed by atoms with van der Waals surface area (Å²) in [6, 6.07) is 19.0. The smallest absolute Gasteiger partial charge is 0.408 e. The van der Waals surface area contributed by atoms with Gasteiger partial charge in [-0.25, -0.2) is 9.59 Å². The lowest BCUT2D eigenvalue weighted by Crippen LogP contribution is -2.61. The fourth-order valence-electron chi connectivity index (χ4n) is 6.55. The second-order valence-corrected chi connectivity index (χ2v) is 15.2. The SMILES string of the molecule is COC(=O)c1ccc(COc2ccc3c(c2)CN(C(=O)C(NC(=O)OC(C)(C)C)C(C)(C)C)C(C(=O)N[C@@H]2CCCc4ccccc42)C3)cc1. The largest absolute Gasteiger partial charge is 0.489 e. The first-order valence-corrected chi connectivity index (χ1v) is 17.2. The molecule has 0 fully saturated rings. The van der Waals surface area contributed by atoms with E-state index in [9.17, 15) is 19.2 Å². The molecule has 3 aromatic rings. The molecule has 2 N–H and O–H groups in total. The lowest BCUT2D eigenvalue weighted by atomic mass is 9.84. The molecule has 266 valence electrons. The minimum Gasteiger partial charge on any atom is -0.489 e. The van der Waals surface area contributed by atoms with E-state index in [1.165, 1.54) is 12.7 Å². The molecule has 10 heteroatoms. The molecule has 10 nitrogen and oxygen atoms in total. The summed E-state index contributed by atoms with van der Waals surface area (Å²) in [5.74, 6) is -0.396. The molecule has 0 saturated heterocycles. The van der Waals surface area contributed by atoms with Crippen LogP contribution in [-0.4, -0.2) is 53.6 Å². The number of nitrogens with zero attached hydrogens (tertiary/aromatic N) is 1. The number of fused-ring (bicyclic) bond motifs is 2. The summed E-state index contributed by atoms with van der Waals surface area (Å²) in [7, 11) is 1.34. The van der Waals surface area contributed by atoms with Crippen LogP contribution in [0.3, 0.4) is 0 Å². The third kappa shape index (κ3) is 8.83. The number of amides is 3. The van der Waals surface area contributed by atoms with E-state index in [1.54, 1.807) is 37.8 Å². The van der Waals surface area contributed by atoms with E-state index in [-0.39, 0.29) is 31.0 Å². The van der Waals surface area contributed by atoms with Crippen LogP contribution in [0.4, 0.5) is 4.79 Å². The summed E-state index contributed by atoms with van der Waals surface area (Å²) in [5, 5.41) is 6.09. The number of nitrogens with one attached hydrogen (secondary N) is 2. The van der Waals surface area contributed by atoms with E-state index in [4.69, 9.17) is 14.2 Å². The van der Waals surface area contributed by atoms with E-state index in [2.05, 4.69) is 22.8 Å². The highest BCUT2D eigenvalue weighted by molar-refractivity contribution is 5.93. The maximum absolute atomic E-state index is 14.6. The maximum Gasteiger partial charge on any atom is 0.408 e. The molecule has 1 aliphatic heterocycles. The molecular weight excluding hydrogens is 634 g/mol. The average molecular weight is 684 g/mol. The highest BCUT2D eigenvalue weighted by atomic mass is 16.6. The van der Waals surface area contributed by atoms with Gasteiger partial charge >= 0.3 is 12.1 Å². The van der Waals surface area contributed by atoms with Gasteiger partial charge in [-0.1, -0.05) is 63.2 Å². The minimum absolute atomic E-state index is 0.151. The molecule has 3 aromatic carbocycles. The number of hydrogen-bond acceptors (Lipinski definition) is 7. The van der Waals surface area contributed by atoms with Gasteiger partial charge in [-0.15, -0.1) is 0 Å². The van der Waals surface area contributed by atoms with Crippen molar-refractivity contribution < 1.29 is 33.4 Å². The zero-order valence-electron chi connectivity index (χ0n) is 30.1. The maximum atomic E-state index is 14.6. The fraction of sp³-hybridized carbons (Fsp3) is 0.450. The molecule has 5 rings (SSSR count). The third-order valence-electron chi connectivity index (χ3n) is 9.13. The second-order valence-electron chi connectivity index (χ2n) is 15.2. The summed E-state index contributed by atoms with van der Waals surface area (Å²) >= 11 is 0. The summed E-state index contributed by atoms with van der Waals surface area (Å²) in [6.45, 7) is 11.4. The van der Waals surface area contributed by atoms with Gasteiger partial charge in [0.1, 0.15) is 30.0 Å². The highest BCUT2D eigenvalue weighted by Crippen LogP contribution is 2.33. The first-order chi connectivity index (χ1) is 23.6. The number of rotatable bonds is 8. The lowest BCUT2D eigenvalue weighted by molar-refractivity contribution is -0.145. The van der Waals surface area contributed by atoms with Crippen molar-refractivity contribution in [3.63, 3.8) is 0 Å². The van der Waals surface area contributed by atoms with Gasteiger partial charge in [0, 0.05) is 13.0 Å². The Morgan fingerprint density at radius 3 is 2.30 bits per heavy atom. The van der Waals surface area contributed by atoms with Gasteiger partial charge in [-0.2, -0.15) is 0 Å². The van der Waals surface area contributed by atoms with Crippen molar-refractivity contribution in [2.24, 2.45) is 5.41 Å². The van der Waals surface area contributed by atoms with Crippen molar-refractivity contribution in [2.75, 3.05) is 7.11 Å². The summed E-state index contributed by atoms with van der Waals surface area (Å²) in [5.41, 5.74) is 4.03. The third-order valence-corrected chi connectivity index (χ3v) is 9.13. The Bertz CT molecular complexity index is 1720. The Balaban J connectivity index is 1.41. The highest BCUT2D eigenvalue weighted by Gasteiger charge is 2.43. The molecule has 3 amide bonds. The number of carbonyl (C=O) groups excluding carboxylic acids is 4. The van der Waals surface area contributed by atoms with Crippen LogP contribution in [0.2, 0.25) is 0 Å². The molecule has 0 aromatic heterocycles. The zero-order valence-corrected chi connectivity index (χ0v) is 30.1. The molecular formula is C40H49N3O7. The van der Waals surface area contributed by atoms with Crippen LogP contribution in [0.15, 0.2) is 66.7 Å². The molecule has 0 spiro atoms. The van der Waals surface area contributed by atoms with Crippen LogP contribution in [0.1, 0.15) is 98.6 Å². The number of alkyl carbamates (subject to hydrolysis) is 1. The number of hydrogen-bond donors (Lipinski definition) is 2. The molecule has 1 heterocycles. The molecule has 0 saturated carbocycles. The monoisotopic (exact) mass is 683 g/mol. The molecule has 0 bridgehead atoms. The van der Waals surface area contributed by atoms with Gasteiger partial charge < -0.3 is 29.7 Å². The number of aryl methyl sites for hydroxylation is 1. The Morgan fingerprint density at radius 2 is 1.62 bits per heavy atom. The molecule has 2 aliphatic rings. The zero-order chi connectivity index (χ0) is 36.2. The predicted octanol–water partition coefficient (Wildman–Crippen LogP) is 6.44. The number of esters is 1. The van der Waals surface area contributed by atoms with Gasteiger partial charge in [0.05, 0.1) is 18.7 Å². The quantitative estimate of drug-likeness (QED) is 0.262. The van der Waals surface area contributed by atoms with Crippen LogP contribution in [0.25, 0.3) is 0 Å². The number of methoxy groups -OCH3 is 1. The van der Waals surface area contributed by atoms with Crippen molar-refractivity contribution in [1.82, 2.24) is 15.5 Å². The number of benzene rings is 3. The van der Waals surface area contributed by atoms with E-state index in [0.717, 1.165) is 41.5 Å². The standard InChI is InChI=1S/C40H49N3O7/c1-39(2,3)34(42-38(47)50-40(4,5)6)36(45)43-23-29-21-30(49-24-25-15-17-27(18-16-25)37(46)48-7)20-19-28(29)22-33(43)35(44)41-32-14-10-12-26-11-8-9-13-31(26)32/h8-9,11,13,15-21,32-34H,10,12,14,22-24H2,1-7H3,(H,41,44)(H,42,47)/t32-,33?,34?/m1/s1. The van der Waals surface area contributed by atoms with E-state index in [0.29, 0.717) is 17.7 Å². The van der Waals surface area contributed by atoms with Gasteiger partial charge in [0.25, 0.3) is 0 Å². The van der Waals surface area contributed by atoms with E-state index in [1.807, 2.05) is 63.2 Å². The van der Waals surface area contributed by atoms with Crippen LogP contribution >= 0.6 is 0 Å². The van der Waals surface area contributed by atoms with Gasteiger partial charge in [0.2, 0.25) is 11.8 Å². The van der Waals surface area contributed by atoms with Gasteiger partial charge in [0.15, 0.2) is 0 Å². The first-order valence-electron chi connectivity index (χ1n) is 17.2. The van der Waals surface area contributed by atoms with Gasteiger partial charge in [-0.3, -0.25) is 9.59 Å². The van der Waals surface area contributed by atoms with Crippen LogP contribution in [0.5, 0.6) is 5.75 Å². The van der Waals surface area contributed by atoms with Crippen molar-refractivity contribution in [1.29, 1.82) is 0 Å². The van der Waals surface area contributed by atoms with E-state index < -0.39 is 35.2 Å². The lowest BCUT2D eigenvalue weighted by Gasteiger charge is -2.41. The predicted molar refractivity (Wildman–Crippen MR) is 189 cm³/mol. The Kier molecular flexibility index (Phi) is 10.9. The number of carbonyl (C=O) groups is 4. The van der Waals surface area contributed by atoms with Crippen molar-refractivity contribution in [3.05, 3.63) is 100 Å². The van der Waals surface area contributed by atoms with Crippen LogP contribution < -0.4 is 15.4 Å². The van der Waals surface area contributed by atoms with Crippen molar-refractivity contribution in [3.8, 4) is 5.75 Å². The summed E-state index contributed by atoms with van der Waals surface area (Å²) in [6.07, 6.45) is 2.36. The molecule has 2 unspecified atom stereocenters. The Hall–Kier alpha value is -4.86. The second kappa shape index (κ2) is 14.9. The van der Waals surface area contributed by atoms with Gasteiger partial charge in [-0.05, 0) is 97.5 Å². The molecule has 1 aliphatic carbocycles. The minimum atomic E-state index is -0.961. The number of ether oxygens (including phenoxy) is 3. The Morgan fingerprint density at radius 1 is 0.900 bits per heavy atom. The summed E-state index contributed by atoms with van der Waals surface area (Å²) < 4.78 is 16.4. The summed E-state index contributed by atoms with van der Waals surface area (Å²) in [4.78, 5) is 55.2. The fourth-order valence-corrected chi connectivity index (χ4v) is 6.55. The molecule has 3 atom stereocenters. The normalized spacial score (nSPS) is 17.8. The average Bonchev–Trinajstić information content (AvgIpc) is 3.07. The first kappa shape index (κ1) is 36.4. The van der Waals surface area contributed by atoms with Crippen LogP contribution in [-0.2, 0) is 45.1 Å². The van der Waals surface area contributed by atoms with Crippen molar-refractivity contribution >= 4 is 23.9 Å². The van der Waals surface area contributed by atoms with Crippen LogP contribution in [0, 0.1) is 5.41 Å². The van der Waals surface area contributed by atoms with Crippen molar-refractivity contribution in [2.45, 2.75) is 104 Å². The Labute approximate surface area is 294 Å².